The van der Waals surface area contributed by atoms with Gasteiger partial charge in [0.2, 0.25) is 5.91 Å². The van der Waals surface area contributed by atoms with Gasteiger partial charge in [-0.1, -0.05) is 20.8 Å². The number of primary amides is 1. The number of fused-ring (bicyclic) bond motifs is 1. The van der Waals surface area contributed by atoms with Crippen molar-refractivity contribution < 1.29 is 9.53 Å². The van der Waals surface area contributed by atoms with Crippen LogP contribution in [-0.4, -0.2) is 22.5 Å². The van der Waals surface area contributed by atoms with Gasteiger partial charge in [0, 0.05) is 24.0 Å². The van der Waals surface area contributed by atoms with Crippen molar-refractivity contribution in [1.82, 2.24) is 9.97 Å². The fraction of sp³-hybridized carbons (Fsp3) is 0.333. The first kappa shape index (κ1) is 14.1. The van der Waals surface area contributed by atoms with Crippen molar-refractivity contribution >= 4 is 23.0 Å². The first-order chi connectivity index (χ1) is 9.37. The molecule has 5 nitrogen and oxygen atoms in total. The highest BCUT2D eigenvalue weighted by molar-refractivity contribution is 5.96. The van der Waals surface area contributed by atoms with Crippen LogP contribution >= 0.6 is 0 Å². The highest BCUT2D eigenvalue weighted by Gasteiger charge is 2.14. The number of hydrogen-bond donors (Lipinski definition) is 2. The van der Waals surface area contributed by atoms with E-state index in [0.29, 0.717) is 6.61 Å². The third kappa shape index (κ3) is 3.38. The Balaban J connectivity index is 2.39. The molecule has 2 rings (SSSR count). The number of carbonyl (C=O) groups is 1. The minimum atomic E-state index is -0.486. The van der Waals surface area contributed by atoms with Crippen LogP contribution in [0.1, 0.15) is 26.3 Å². The molecule has 1 amide bonds. The SMILES string of the molecule is CC(C)(C)COc1ccnc2[nH]cc(C=CC(N)=O)c12. The van der Waals surface area contributed by atoms with Crippen LogP contribution in [0, 0.1) is 5.41 Å². The summed E-state index contributed by atoms with van der Waals surface area (Å²) in [5, 5.41) is 0.856. The lowest BCUT2D eigenvalue weighted by atomic mass is 9.99. The number of H-pyrrole nitrogens is 1. The zero-order valence-corrected chi connectivity index (χ0v) is 11.9. The van der Waals surface area contributed by atoms with E-state index in [9.17, 15) is 4.79 Å². The van der Waals surface area contributed by atoms with Crippen molar-refractivity contribution in [3.63, 3.8) is 0 Å². The van der Waals surface area contributed by atoms with Crippen molar-refractivity contribution in [3.05, 3.63) is 30.1 Å². The molecule has 2 heterocycles. The maximum Gasteiger partial charge on any atom is 0.241 e. The second-order valence-electron chi connectivity index (χ2n) is 5.86. The summed E-state index contributed by atoms with van der Waals surface area (Å²) in [7, 11) is 0. The number of carbonyl (C=O) groups excluding carboxylic acids is 1. The van der Waals surface area contributed by atoms with Gasteiger partial charge in [0.05, 0.1) is 12.0 Å². The normalized spacial score (nSPS) is 12.2. The molecule has 0 unspecified atom stereocenters. The Hall–Kier alpha value is -2.30. The molecule has 0 aliphatic heterocycles. The van der Waals surface area contributed by atoms with Gasteiger partial charge in [-0.2, -0.15) is 0 Å². The molecule has 0 aromatic carbocycles. The molecule has 2 aromatic rings. The molecular formula is C15H19N3O2. The number of amides is 1. The number of rotatable bonds is 4. The van der Waals surface area contributed by atoms with E-state index in [2.05, 4.69) is 30.7 Å². The third-order valence-electron chi connectivity index (χ3n) is 2.65. The number of hydrogen-bond acceptors (Lipinski definition) is 3. The summed E-state index contributed by atoms with van der Waals surface area (Å²) in [6.07, 6.45) is 6.45. The fourth-order valence-electron chi connectivity index (χ4n) is 1.77. The molecule has 20 heavy (non-hydrogen) atoms. The van der Waals surface area contributed by atoms with E-state index < -0.39 is 5.91 Å². The van der Waals surface area contributed by atoms with Crippen molar-refractivity contribution in [2.24, 2.45) is 11.1 Å². The van der Waals surface area contributed by atoms with Crippen LogP contribution in [0.5, 0.6) is 5.75 Å². The predicted octanol–water partition coefficient (Wildman–Crippen LogP) is 2.49. The predicted molar refractivity (Wildman–Crippen MR) is 79.3 cm³/mol. The Kier molecular flexibility index (Phi) is 3.79. The second kappa shape index (κ2) is 5.36. The Labute approximate surface area is 117 Å². The van der Waals surface area contributed by atoms with E-state index >= 15 is 0 Å². The maximum absolute atomic E-state index is 10.9. The molecule has 5 heteroatoms. The van der Waals surface area contributed by atoms with Gasteiger partial charge < -0.3 is 15.5 Å². The van der Waals surface area contributed by atoms with E-state index in [1.807, 2.05) is 6.07 Å². The smallest absolute Gasteiger partial charge is 0.241 e. The highest BCUT2D eigenvalue weighted by atomic mass is 16.5. The highest BCUT2D eigenvalue weighted by Crippen LogP contribution is 2.29. The summed E-state index contributed by atoms with van der Waals surface area (Å²) in [5.41, 5.74) is 6.74. The summed E-state index contributed by atoms with van der Waals surface area (Å²) in [5.74, 6) is 0.260. The van der Waals surface area contributed by atoms with Crippen LogP contribution in [0.2, 0.25) is 0 Å². The molecule has 106 valence electrons. The Morgan fingerprint density at radius 3 is 2.90 bits per heavy atom. The summed E-state index contributed by atoms with van der Waals surface area (Å²) in [6, 6.07) is 1.82. The van der Waals surface area contributed by atoms with E-state index in [1.165, 1.54) is 6.08 Å². The lowest BCUT2D eigenvalue weighted by Crippen LogP contribution is -2.17. The molecule has 3 N–H and O–H groups in total. The summed E-state index contributed by atoms with van der Waals surface area (Å²) >= 11 is 0. The van der Waals surface area contributed by atoms with Crippen LogP contribution in [0.25, 0.3) is 17.1 Å². The van der Waals surface area contributed by atoms with Gasteiger partial charge in [-0.05, 0) is 17.6 Å². The van der Waals surface area contributed by atoms with Crippen LogP contribution in [0.3, 0.4) is 0 Å². The molecule has 0 saturated heterocycles. The van der Waals surface area contributed by atoms with Gasteiger partial charge in [-0.15, -0.1) is 0 Å². The third-order valence-corrected chi connectivity index (χ3v) is 2.65. The van der Waals surface area contributed by atoms with Gasteiger partial charge in [-0.3, -0.25) is 4.79 Å². The van der Waals surface area contributed by atoms with Crippen molar-refractivity contribution in [1.29, 1.82) is 0 Å². The van der Waals surface area contributed by atoms with Gasteiger partial charge in [0.15, 0.2) is 0 Å². The minimum absolute atomic E-state index is 0.0646. The Bertz CT molecular complexity index is 651. The first-order valence-electron chi connectivity index (χ1n) is 6.43. The first-order valence-corrected chi connectivity index (χ1v) is 6.43. The molecular weight excluding hydrogens is 254 g/mol. The minimum Gasteiger partial charge on any atom is -0.492 e. The van der Waals surface area contributed by atoms with Crippen LogP contribution in [0.15, 0.2) is 24.5 Å². The van der Waals surface area contributed by atoms with E-state index in [0.717, 1.165) is 22.3 Å². The van der Waals surface area contributed by atoms with Crippen molar-refractivity contribution in [3.8, 4) is 5.75 Å². The lowest BCUT2D eigenvalue weighted by molar-refractivity contribution is -0.113. The fourth-order valence-corrected chi connectivity index (χ4v) is 1.77. The molecule has 0 radical (unpaired) electrons. The zero-order valence-electron chi connectivity index (χ0n) is 11.9. The number of ether oxygens (including phenoxy) is 1. The average Bonchev–Trinajstić information content (AvgIpc) is 2.76. The van der Waals surface area contributed by atoms with Crippen molar-refractivity contribution in [2.75, 3.05) is 6.61 Å². The quantitative estimate of drug-likeness (QED) is 0.840. The largest absolute Gasteiger partial charge is 0.492 e. The maximum atomic E-state index is 10.9. The second-order valence-corrected chi connectivity index (χ2v) is 5.86. The van der Waals surface area contributed by atoms with Crippen LogP contribution < -0.4 is 10.5 Å². The molecule has 0 aliphatic rings. The van der Waals surface area contributed by atoms with Crippen LogP contribution in [0.4, 0.5) is 0 Å². The molecule has 0 atom stereocenters. The summed E-state index contributed by atoms with van der Waals surface area (Å²) in [4.78, 5) is 18.2. The Morgan fingerprint density at radius 1 is 1.50 bits per heavy atom. The monoisotopic (exact) mass is 273 g/mol. The van der Waals surface area contributed by atoms with Crippen molar-refractivity contribution in [2.45, 2.75) is 20.8 Å². The number of aromatic amines is 1. The van der Waals surface area contributed by atoms with E-state index in [-0.39, 0.29) is 5.41 Å². The molecule has 0 saturated carbocycles. The number of nitrogens with zero attached hydrogens (tertiary/aromatic N) is 1. The molecule has 2 aromatic heterocycles. The number of aromatic nitrogens is 2. The standard InChI is InChI=1S/C15H19N3O2/c1-15(2,3)9-20-11-6-7-17-14-13(11)10(8-18-14)4-5-12(16)19/h4-8H,9H2,1-3H3,(H2,16,19)(H,17,18). The summed E-state index contributed by atoms with van der Waals surface area (Å²) in [6.45, 7) is 6.92. The molecule has 0 fully saturated rings. The van der Waals surface area contributed by atoms with E-state index in [4.69, 9.17) is 10.5 Å². The van der Waals surface area contributed by atoms with Gasteiger partial charge in [0.25, 0.3) is 0 Å². The van der Waals surface area contributed by atoms with Gasteiger partial charge in [0.1, 0.15) is 11.4 Å². The summed E-state index contributed by atoms with van der Waals surface area (Å²) < 4.78 is 5.88. The molecule has 0 spiro atoms. The lowest BCUT2D eigenvalue weighted by Gasteiger charge is -2.19. The van der Waals surface area contributed by atoms with E-state index in [1.54, 1.807) is 18.5 Å². The zero-order chi connectivity index (χ0) is 14.8. The number of nitrogens with two attached hydrogens (primary N) is 1. The average molecular weight is 273 g/mol. The number of nitrogens with one attached hydrogen (secondary N) is 1. The van der Waals surface area contributed by atoms with Gasteiger partial charge >= 0.3 is 0 Å². The topological polar surface area (TPSA) is 81.0 Å². The Morgan fingerprint density at radius 2 is 2.25 bits per heavy atom. The molecule has 0 aliphatic carbocycles. The number of pyridine rings is 1. The van der Waals surface area contributed by atoms with Gasteiger partial charge in [-0.25, -0.2) is 4.98 Å². The van der Waals surface area contributed by atoms with Crippen LogP contribution in [-0.2, 0) is 4.79 Å². The molecule has 0 bridgehead atoms.